The maximum Gasteiger partial charge on any atom is 0.315 e. The third-order valence-electron chi connectivity index (χ3n) is 6.90. The molecule has 1 spiro atoms. The first-order valence-electron chi connectivity index (χ1n) is 8.77. The fourth-order valence-electron chi connectivity index (χ4n) is 5.25. The van der Waals surface area contributed by atoms with Crippen molar-refractivity contribution in [3.63, 3.8) is 0 Å². The predicted octanol–water partition coefficient (Wildman–Crippen LogP) is 3.44. The summed E-state index contributed by atoms with van der Waals surface area (Å²) in [5.41, 5.74) is 0.694. The molecule has 5 aliphatic rings. The fraction of sp³-hybridized carbons (Fsp3) is 0.941. The average molecular weight is 276 g/mol. The third kappa shape index (κ3) is 2.33. The summed E-state index contributed by atoms with van der Waals surface area (Å²) in [7, 11) is 0. The second-order valence-corrected chi connectivity index (χ2v) is 8.08. The largest absolute Gasteiger partial charge is 0.338 e. The standard InChI is InChI=1S/C17H28N2O/c20-16(18-11-14-10-12-8-13(14)9-12)19-15-2-6-17(7-3-15)4-1-5-17/h12-15H,1-11H2,(H2,18,19,20). The molecule has 0 saturated heterocycles. The Bertz CT molecular complexity index is 374. The molecule has 2 bridgehead atoms. The van der Waals surface area contributed by atoms with Crippen LogP contribution >= 0.6 is 0 Å². The zero-order valence-electron chi connectivity index (χ0n) is 12.5. The van der Waals surface area contributed by atoms with Gasteiger partial charge in [0, 0.05) is 12.6 Å². The Labute approximate surface area is 122 Å². The Kier molecular flexibility index (Phi) is 3.19. The quantitative estimate of drug-likeness (QED) is 0.814. The van der Waals surface area contributed by atoms with Crippen LogP contribution in [0.3, 0.4) is 0 Å². The molecule has 20 heavy (non-hydrogen) atoms. The topological polar surface area (TPSA) is 41.1 Å². The highest BCUT2D eigenvalue weighted by molar-refractivity contribution is 5.74. The monoisotopic (exact) mass is 276 g/mol. The third-order valence-corrected chi connectivity index (χ3v) is 6.90. The number of hydrogen-bond acceptors (Lipinski definition) is 1. The number of rotatable bonds is 3. The van der Waals surface area contributed by atoms with Crippen molar-refractivity contribution in [1.82, 2.24) is 10.6 Å². The normalized spacial score (nSPS) is 38.1. The Morgan fingerprint density at radius 1 is 1.05 bits per heavy atom. The van der Waals surface area contributed by atoms with E-state index < -0.39 is 0 Å². The summed E-state index contributed by atoms with van der Waals surface area (Å²) in [5, 5.41) is 6.33. The minimum Gasteiger partial charge on any atom is -0.338 e. The van der Waals surface area contributed by atoms with Gasteiger partial charge in [-0.25, -0.2) is 4.79 Å². The molecular formula is C17H28N2O. The van der Waals surface area contributed by atoms with Crippen LogP contribution in [0.4, 0.5) is 4.79 Å². The summed E-state index contributed by atoms with van der Waals surface area (Å²) in [6.45, 7) is 0.906. The van der Waals surface area contributed by atoms with Gasteiger partial charge in [0.15, 0.2) is 0 Å². The number of nitrogens with one attached hydrogen (secondary N) is 2. The molecule has 5 fully saturated rings. The molecule has 1 atom stereocenters. The molecule has 5 saturated carbocycles. The predicted molar refractivity (Wildman–Crippen MR) is 79.4 cm³/mol. The Morgan fingerprint density at radius 3 is 2.35 bits per heavy atom. The molecule has 0 heterocycles. The van der Waals surface area contributed by atoms with Gasteiger partial charge in [-0.3, -0.25) is 0 Å². The van der Waals surface area contributed by atoms with E-state index in [0.29, 0.717) is 11.5 Å². The minimum atomic E-state index is 0.0867. The molecule has 2 amide bonds. The Hall–Kier alpha value is -0.730. The number of hydrogen-bond donors (Lipinski definition) is 2. The molecular weight excluding hydrogens is 248 g/mol. The van der Waals surface area contributed by atoms with Crippen LogP contribution in [-0.4, -0.2) is 18.6 Å². The highest BCUT2D eigenvalue weighted by atomic mass is 16.2. The van der Waals surface area contributed by atoms with E-state index in [1.165, 1.54) is 64.2 Å². The summed E-state index contributed by atoms with van der Waals surface area (Å²) in [4.78, 5) is 12.0. The molecule has 0 aliphatic heterocycles. The average Bonchev–Trinajstić information content (AvgIpc) is 2.94. The number of carbonyl (C=O) groups is 1. The van der Waals surface area contributed by atoms with Crippen LogP contribution in [0.5, 0.6) is 0 Å². The Balaban J connectivity index is 1.17. The van der Waals surface area contributed by atoms with Crippen LogP contribution in [-0.2, 0) is 0 Å². The van der Waals surface area contributed by atoms with Crippen LogP contribution in [0, 0.1) is 23.2 Å². The van der Waals surface area contributed by atoms with Gasteiger partial charge in [0.2, 0.25) is 0 Å². The molecule has 5 rings (SSSR count). The second kappa shape index (κ2) is 4.92. The first-order chi connectivity index (χ1) is 9.72. The Morgan fingerprint density at radius 2 is 1.80 bits per heavy atom. The SMILES string of the molecule is O=C(NCC1CC2CC1C2)NC1CCC2(CCC2)CC1. The van der Waals surface area contributed by atoms with Crippen molar-refractivity contribution in [3.05, 3.63) is 0 Å². The summed E-state index contributed by atoms with van der Waals surface area (Å²) < 4.78 is 0. The van der Waals surface area contributed by atoms with Crippen molar-refractivity contribution in [2.24, 2.45) is 23.2 Å². The van der Waals surface area contributed by atoms with Crippen molar-refractivity contribution in [2.45, 2.75) is 70.3 Å². The summed E-state index contributed by atoms with van der Waals surface area (Å²) >= 11 is 0. The minimum absolute atomic E-state index is 0.0867. The van der Waals surface area contributed by atoms with Crippen molar-refractivity contribution >= 4 is 6.03 Å². The lowest BCUT2D eigenvalue weighted by Crippen LogP contribution is -2.47. The molecule has 0 aromatic rings. The van der Waals surface area contributed by atoms with Crippen molar-refractivity contribution in [3.8, 4) is 0 Å². The zero-order chi connectivity index (χ0) is 13.6. The van der Waals surface area contributed by atoms with Crippen molar-refractivity contribution in [2.75, 3.05) is 6.54 Å². The van der Waals surface area contributed by atoms with Crippen molar-refractivity contribution in [1.29, 1.82) is 0 Å². The lowest BCUT2D eigenvalue weighted by atomic mass is 9.60. The van der Waals surface area contributed by atoms with Crippen LogP contribution in [0.25, 0.3) is 0 Å². The van der Waals surface area contributed by atoms with Crippen LogP contribution in [0.2, 0.25) is 0 Å². The maximum absolute atomic E-state index is 12.0. The first kappa shape index (κ1) is 13.0. The van der Waals surface area contributed by atoms with Gasteiger partial charge >= 0.3 is 6.03 Å². The van der Waals surface area contributed by atoms with Crippen LogP contribution in [0.1, 0.15) is 64.2 Å². The number of fused-ring (bicyclic) bond motifs is 1. The lowest BCUT2D eigenvalue weighted by Gasteiger charge is -2.47. The van der Waals surface area contributed by atoms with Gasteiger partial charge in [-0.2, -0.15) is 0 Å². The summed E-state index contributed by atoms with van der Waals surface area (Å²) in [5.74, 6) is 2.69. The highest BCUT2D eigenvalue weighted by Crippen LogP contribution is 2.52. The summed E-state index contributed by atoms with van der Waals surface area (Å²) in [6.07, 6.45) is 13.6. The fourth-order valence-corrected chi connectivity index (χ4v) is 5.25. The van der Waals surface area contributed by atoms with E-state index in [1.54, 1.807) is 0 Å². The highest BCUT2D eigenvalue weighted by Gasteiger charge is 2.44. The number of urea groups is 1. The molecule has 0 aromatic carbocycles. The second-order valence-electron chi connectivity index (χ2n) is 8.08. The van der Waals surface area contributed by atoms with E-state index >= 15 is 0 Å². The van der Waals surface area contributed by atoms with Gasteiger partial charge < -0.3 is 10.6 Å². The molecule has 5 aliphatic carbocycles. The molecule has 3 heteroatoms. The van der Waals surface area contributed by atoms with E-state index in [4.69, 9.17) is 0 Å². The van der Waals surface area contributed by atoms with Gasteiger partial charge in [0.05, 0.1) is 0 Å². The smallest absolute Gasteiger partial charge is 0.315 e. The van der Waals surface area contributed by atoms with Gasteiger partial charge in [-0.15, -0.1) is 0 Å². The number of carbonyl (C=O) groups excluding carboxylic acids is 1. The molecule has 0 aromatic heterocycles. The lowest BCUT2D eigenvalue weighted by molar-refractivity contribution is 0.0656. The first-order valence-corrected chi connectivity index (χ1v) is 8.77. The van der Waals surface area contributed by atoms with E-state index in [0.717, 1.165) is 24.3 Å². The van der Waals surface area contributed by atoms with Gasteiger partial charge in [0.25, 0.3) is 0 Å². The van der Waals surface area contributed by atoms with Crippen LogP contribution < -0.4 is 10.6 Å². The molecule has 0 radical (unpaired) electrons. The van der Waals surface area contributed by atoms with Gasteiger partial charge in [-0.05, 0) is 81.0 Å². The molecule has 3 nitrogen and oxygen atoms in total. The summed E-state index contributed by atoms with van der Waals surface area (Å²) in [6, 6.07) is 0.516. The van der Waals surface area contributed by atoms with Crippen LogP contribution in [0.15, 0.2) is 0 Å². The maximum atomic E-state index is 12.0. The van der Waals surface area contributed by atoms with Gasteiger partial charge in [-0.1, -0.05) is 6.42 Å². The van der Waals surface area contributed by atoms with E-state index in [9.17, 15) is 4.79 Å². The van der Waals surface area contributed by atoms with E-state index in [1.807, 2.05) is 0 Å². The number of amides is 2. The zero-order valence-corrected chi connectivity index (χ0v) is 12.5. The van der Waals surface area contributed by atoms with Gasteiger partial charge in [0.1, 0.15) is 0 Å². The molecule has 2 N–H and O–H groups in total. The van der Waals surface area contributed by atoms with E-state index in [2.05, 4.69) is 10.6 Å². The molecule has 112 valence electrons. The molecule has 1 unspecified atom stereocenters. The van der Waals surface area contributed by atoms with Crippen molar-refractivity contribution < 1.29 is 4.79 Å². The van der Waals surface area contributed by atoms with E-state index in [-0.39, 0.29) is 6.03 Å².